The lowest BCUT2D eigenvalue weighted by molar-refractivity contribution is 0.429. The van der Waals surface area contributed by atoms with E-state index in [0.29, 0.717) is 11.8 Å². The third-order valence-electron chi connectivity index (χ3n) is 3.77. The fraction of sp³-hybridized carbons (Fsp3) is 0.176. The number of nitrogens with zero attached hydrogens (tertiary/aromatic N) is 3. The molecule has 0 spiro atoms. The summed E-state index contributed by atoms with van der Waals surface area (Å²) in [6, 6.07) is 14.1. The quantitative estimate of drug-likeness (QED) is 0.731. The van der Waals surface area contributed by atoms with Crippen LogP contribution >= 0.6 is 11.3 Å². The van der Waals surface area contributed by atoms with Crippen molar-refractivity contribution in [3.63, 3.8) is 0 Å². The average Bonchev–Trinajstić information content (AvgIpc) is 3.28. The van der Waals surface area contributed by atoms with Crippen molar-refractivity contribution in [2.24, 2.45) is 0 Å². The van der Waals surface area contributed by atoms with Crippen molar-refractivity contribution in [2.45, 2.75) is 6.42 Å². The van der Waals surface area contributed by atoms with Gasteiger partial charge in [-0.25, -0.2) is 0 Å². The molecule has 110 valence electrons. The molecule has 0 N–H and O–H groups in total. The maximum absolute atomic E-state index is 5.38. The molecule has 0 unspecified atom stereocenters. The van der Waals surface area contributed by atoms with Gasteiger partial charge in [0.1, 0.15) is 0 Å². The minimum absolute atomic E-state index is 0.573. The van der Waals surface area contributed by atoms with Crippen LogP contribution in [0.15, 0.2) is 58.4 Å². The maximum Gasteiger partial charge on any atom is 0.266 e. The van der Waals surface area contributed by atoms with Gasteiger partial charge in [-0.2, -0.15) is 4.98 Å². The van der Waals surface area contributed by atoms with E-state index in [0.717, 1.165) is 25.1 Å². The Morgan fingerprint density at radius 3 is 2.73 bits per heavy atom. The van der Waals surface area contributed by atoms with Crippen LogP contribution in [0, 0.1) is 0 Å². The van der Waals surface area contributed by atoms with Crippen molar-refractivity contribution < 1.29 is 4.52 Å². The zero-order valence-electron chi connectivity index (χ0n) is 12.0. The van der Waals surface area contributed by atoms with E-state index in [2.05, 4.69) is 38.6 Å². The fourth-order valence-electron chi connectivity index (χ4n) is 2.58. The first-order valence-electron chi connectivity index (χ1n) is 7.27. The summed E-state index contributed by atoms with van der Waals surface area (Å²) >= 11 is 1.79. The Balaban J connectivity index is 1.51. The Morgan fingerprint density at radius 1 is 1.09 bits per heavy atom. The van der Waals surface area contributed by atoms with Gasteiger partial charge in [0, 0.05) is 23.5 Å². The summed E-state index contributed by atoms with van der Waals surface area (Å²) in [6.45, 7) is 1.73. The normalized spacial score (nSPS) is 14.9. The molecule has 4 rings (SSSR count). The van der Waals surface area contributed by atoms with Crippen LogP contribution < -0.4 is 4.90 Å². The fourth-order valence-corrected chi connectivity index (χ4v) is 3.38. The molecule has 0 fully saturated rings. The Labute approximate surface area is 132 Å². The van der Waals surface area contributed by atoms with E-state index in [1.54, 1.807) is 11.3 Å². The van der Waals surface area contributed by atoms with Crippen molar-refractivity contribution in [1.29, 1.82) is 0 Å². The van der Waals surface area contributed by atoms with Crippen molar-refractivity contribution in [3.8, 4) is 11.5 Å². The molecule has 0 aliphatic carbocycles. The van der Waals surface area contributed by atoms with E-state index in [1.807, 2.05) is 30.3 Å². The molecule has 0 atom stereocenters. The smallest absolute Gasteiger partial charge is 0.266 e. The second kappa shape index (κ2) is 5.77. The van der Waals surface area contributed by atoms with Crippen LogP contribution in [0.25, 0.3) is 17.0 Å². The van der Waals surface area contributed by atoms with Crippen LogP contribution in [0.5, 0.6) is 0 Å². The SMILES string of the molecule is C1=C(c2cccs2)CCN(c2noc(-c3ccccc3)n2)C1. The lowest BCUT2D eigenvalue weighted by Gasteiger charge is -2.24. The van der Waals surface area contributed by atoms with E-state index in [-0.39, 0.29) is 0 Å². The van der Waals surface area contributed by atoms with Crippen LogP contribution in [0.4, 0.5) is 5.95 Å². The van der Waals surface area contributed by atoms with E-state index >= 15 is 0 Å². The molecule has 0 saturated heterocycles. The molecule has 1 aliphatic heterocycles. The molecule has 3 aromatic rings. The standard InChI is InChI=1S/C17H15N3OS/c1-2-5-14(6-3-1)16-18-17(19-21-16)20-10-8-13(9-11-20)15-7-4-12-22-15/h1-8,12H,9-11H2. The van der Waals surface area contributed by atoms with Gasteiger partial charge < -0.3 is 9.42 Å². The van der Waals surface area contributed by atoms with Gasteiger partial charge in [0.25, 0.3) is 11.8 Å². The van der Waals surface area contributed by atoms with Gasteiger partial charge in [0.05, 0.1) is 0 Å². The van der Waals surface area contributed by atoms with Crippen molar-refractivity contribution in [2.75, 3.05) is 18.0 Å². The monoisotopic (exact) mass is 309 g/mol. The van der Waals surface area contributed by atoms with Crippen LogP contribution in [-0.2, 0) is 0 Å². The number of hydrogen-bond acceptors (Lipinski definition) is 5. The average molecular weight is 309 g/mol. The first kappa shape index (κ1) is 13.3. The molecule has 4 nitrogen and oxygen atoms in total. The molecular formula is C17H15N3OS. The Bertz CT molecular complexity index is 777. The van der Waals surface area contributed by atoms with E-state index in [1.165, 1.54) is 10.5 Å². The van der Waals surface area contributed by atoms with E-state index in [4.69, 9.17) is 4.52 Å². The van der Waals surface area contributed by atoms with E-state index < -0.39 is 0 Å². The number of thiophene rings is 1. The molecule has 1 aliphatic rings. The largest absolute Gasteiger partial charge is 0.334 e. The Morgan fingerprint density at radius 2 is 2.00 bits per heavy atom. The summed E-state index contributed by atoms with van der Waals surface area (Å²) in [4.78, 5) is 8.02. The van der Waals surface area contributed by atoms with Gasteiger partial charge in [-0.3, -0.25) is 0 Å². The van der Waals surface area contributed by atoms with Gasteiger partial charge in [-0.15, -0.1) is 11.3 Å². The molecule has 0 saturated carbocycles. The highest BCUT2D eigenvalue weighted by atomic mass is 32.1. The summed E-state index contributed by atoms with van der Waals surface area (Å²) < 4.78 is 5.38. The number of anilines is 1. The van der Waals surface area contributed by atoms with Gasteiger partial charge in [0.15, 0.2) is 0 Å². The predicted octanol–water partition coefficient (Wildman–Crippen LogP) is 4.09. The third kappa shape index (κ3) is 2.55. The van der Waals surface area contributed by atoms with Gasteiger partial charge in [-0.05, 0) is 40.7 Å². The predicted molar refractivity (Wildman–Crippen MR) is 88.9 cm³/mol. The van der Waals surface area contributed by atoms with Gasteiger partial charge >= 0.3 is 0 Å². The second-order valence-corrected chi connectivity index (χ2v) is 6.12. The van der Waals surface area contributed by atoms with Crippen molar-refractivity contribution >= 4 is 22.9 Å². The molecule has 0 radical (unpaired) electrons. The Hall–Kier alpha value is -2.40. The highest BCUT2D eigenvalue weighted by Crippen LogP contribution is 2.28. The Kier molecular flexibility index (Phi) is 3.48. The van der Waals surface area contributed by atoms with Crippen LogP contribution in [0.1, 0.15) is 11.3 Å². The van der Waals surface area contributed by atoms with Crippen LogP contribution in [0.2, 0.25) is 0 Å². The van der Waals surface area contributed by atoms with E-state index in [9.17, 15) is 0 Å². The highest BCUT2D eigenvalue weighted by Gasteiger charge is 2.18. The molecule has 0 bridgehead atoms. The number of rotatable bonds is 3. The zero-order chi connectivity index (χ0) is 14.8. The first-order valence-corrected chi connectivity index (χ1v) is 8.15. The van der Waals surface area contributed by atoms with Crippen LogP contribution in [-0.4, -0.2) is 23.2 Å². The molecule has 0 amide bonds. The minimum Gasteiger partial charge on any atom is -0.334 e. The molecular weight excluding hydrogens is 294 g/mol. The summed E-state index contributed by atoms with van der Waals surface area (Å²) in [7, 11) is 0. The molecule has 5 heteroatoms. The molecule has 1 aromatic carbocycles. The zero-order valence-corrected chi connectivity index (χ0v) is 12.8. The number of aromatic nitrogens is 2. The molecule has 22 heavy (non-hydrogen) atoms. The maximum atomic E-state index is 5.38. The molecule has 3 heterocycles. The van der Waals surface area contributed by atoms with Crippen molar-refractivity contribution in [3.05, 3.63) is 58.8 Å². The number of hydrogen-bond donors (Lipinski definition) is 0. The summed E-state index contributed by atoms with van der Waals surface area (Å²) in [6.07, 6.45) is 3.27. The highest BCUT2D eigenvalue weighted by molar-refractivity contribution is 7.11. The van der Waals surface area contributed by atoms with Crippen molar-refractivity contribution in [1.82, 2.24) is 10.1 Å². The minimum atomic E-state index is 0.573. The lowest BCUT2D eigenvalue weighted by Crippen LogP contribution is -2.29. The topological polar surface area (TPSA) is 42.2 Å². The summed E-state index contributed by atoms with van der Waals surface area (Å²) in [5, 5.41) is 6.24. The number of benzene rings is 1. The van der Waals surface area contributed by atoms with Crippen LogP contribution in [0.3, 0.4) is 0 Å². The second-order valence-electron chi connectivity index (χ2n) is 5.17. The van der Waals surface area contributed by atoms with Gasteiger partial charge in [-0.1, -0.05) is 30.3 Å². The molecule has 2 aromatic heterocycles. The summed E-state index contributed by atoms with van der Waals surface area (Å²) in [5.41, 5.74) is 2.37. The van der Waals surface area contributed by atoms with Gasteiger partial charge in [0.2, 0.25) is 0 Å². The lowest BCUT2D eigenvalue weighted by atomic mass is 10.1. The first-order chi connectivity index (χ1) is 10.9. The third-order valence-corrected chi connectivity index (χ3v) is 4.71. The summed E-state index contributed by atoms with van der Waals surface area (Å²) in [5.74, 6) is 1.24.